The van der Waals surface area contributed by atoms with Crippen LogP contribution in [-0.4, -0.2) is 5.91 Å². The van der Waals surface area contributed by atoms with E-state index in [0.717, 1.165) is 5.57 Å². The molecule has 1 aliphatic carbocycles. The van der Waals surface area contributed by atoms with Crippen molar-refractivity contribution in [1.29, 1.82) is 0 Å². The molecule has 0 unspecified atom stereocenters. The fourth-order valence-electron chi connectivity index (χ4n) is 1.75. The van der Waals surface area contributed by atoms with Crippen molar-refractivity contribution in [1.82, 2.24) is 0 Å². The zero-order valence-corrected chi connectivity index (χ0v) is 9.00. The highest BCUT2D eigenvalue weighted by atomic mass is 16.1. The van der Waals surface area contributed by atoms with Crippen molar-refractivity contribution in [2.24, 2.45) is 11.1 Å². The third kappa shape index (κ3) is 3.21. The predicted molar refractivity (Wildman–Crippen MR) is 58.6 cm³/mol. The molecule has 2 heteroatoms. The molecule has 0 aromatic rings. The molecule has 1 aliphatic rings. The zero-order chi connectivity index (χ0) is 10.8. The Morgan fingerprint density at radius 1 is 1.36 bits per heavy atom. The van der Waals surface area contributed by atoms with Crippen molar-refractivity contribution in [2.75, 3.05) is 0 Å². The molecule has 0 saturated carbocycles. The second kappa shape index (κ2) is 3.82. The Kier molecular flexibility index (Phi) is 2.94. The number of rotatable bonds is 2. The van der Waals surface area contributed by atoms with Gasteiger partial charge in [0, 0.05) is 5.41 Å². The van der Waals surface area contributed by atoms with Gasteiger partial charge in [0.05, 0.1) is 6.42 Å². The van der Waals surface area contributed by atoms with Gasteiger partial charge in [-0.3, -0.25) is 4.79 Å². The van der Waals surface area contributed by atoms with Gasteiger partial charge in [-0.2, -0.15) is 0 Å². The lowest BCUT2D eigenvalue weighted by Gasteiger charge is -2.15. The van der Waals surface area contributed by atoms with Crippen molar-refractivity contribution >= 4 is 5.91 Å². The summed E-state index contributed by atoms with van der Waals surface area (Å²) in [4.78, 5) is 10.8. The minimum Gasteiger partial charge on any atom is -0.369 e. The van der Waals surface area contributed by atoms with Crippen LogP contribution in [0.5, 0.6) is 0 Å². The van der Waals surface area contributed by atoms with Crippen LogP contribution in [0.25, 0.3) is 0 Å². The van der Waals surface area contributed by atoms with E-state index in [2.05, 4.69) is 32.9 Å². The largest absolute Gasteiger partial charge is 0.369 e. The lowest BCUT2D eigenvalue weighted by Crippen LogP contribution is -2.12. The summed E-state index contributed by atoms with van der Waals surface area (Å²) in [7, 11) is 0. The quantitative estimate of drug-likeness (QED) is 0.715. The van der Waals surface area contributed by atoms with Gasteiger partial charge in [-0.15, -0.1) is 0 Å². The van der Waals surface area contributed by atoms with E-state index in [0.29, 0.717) is 6.42 Å². The Bertz CT molecular complexity index is 332. The van der Waals surface area contributed by atoms with Crippen LogP contribution in [0.3, 0.4) is 0 Å². The molecule has 0 spiro atoms. The highest BCUT2D eigenvalue weighted by molar-refractivity contribution is 5.77. The second-order valence-electron chi connectivity index (χ2n) is 4.41. The van der Waals surface area contributed by atoms with Gasteiger partial charge in [-0.1, -0.05) is 43.7 Å². The fourth-order valence-corrected chi connectivity index (χ4v) is 1.75. The molecule has 0 radical (unpaired) electrons. The van der Waals surface area contributed by atoms with E-state index >= 15 is 0 Å². The number of hydrogen-bond acceptors (Lipinski definition) is 1. The third-order valence-corrected chi connectivity index (χ3v) is 2.10. The first-order chi connectivity index (χ1) is 6.39. The lowest BCUT2D eigenvalue weighted by molar-refractivity contribution is -0.117. The maximum absolute atomic E-state index is 10.8. The van der Waals surface area contributed by atoms with Gasteiger partial charge >= 0.3 is 0 Å². The summed E-state index contributed by atoms with van der Waals surface area (Å²) in [6, 6.07) is 0. The smallest absolute Gasteiger partial charge is 0.221 e. The zero-order valence-electron chi connectivity index (χ0n) is 9.00. The molecule has 1 rings (SSSR count). The first kappa shape index (κ1) is 10.8. The monoisotopic (exact) mass is 191 g/mol. The van der Waals surface area contributed by atoms with Crippen LogP contribution in [0.2, 0.25) is 0 Å². The van der Waals surface area contributed by atoms with Crippen molar-refractivity contribution < 1.29 is 4.79 Å². The molecule has 2 nitrogen and oxygen atoms in total. The molecule has 0 saturated heterocycles. The number of nitrogens with two attached hydrogens (primary N) is 1. The molecule has 2 N–H and O–H groups in total. The van der Waals surface area contributed by atoms with Gasteiger partial charge in [0.25, 0.3) is 0 Å². The number of carbonyl (C=O) groups excluding carboxylic acids is 1. The van der Waals surface area contributed by atoms with Crippen LogP contribution in [0.1, 0.15) is 27.2 Å². The average Bonchev–Trinajstić information content (AvgIpc) is 2.07. The molecular formula is C12H17NO. The lowest BCUT2D eigenvalue weighted by atomic mass is 9.89. The molecule has 0 aromatic heterocycles. The first-order valence-electron chi connectivity index (χ1n) is 4.77. The van der Waals surface area contributed by atoms with E-state index in [1.807, 2.05) is 12.2 Å². The highest BCUT2D eigenvalue weighted by Crippen LogP contribution is 2.27. The second-order valence-corrected chi connectivity index (χ2v) is 4.41. The summed E-state index contributed by atoms with van der Waals surface area (Å²) >= 11 is 0. The van der Waals surface area contributed by atoms with Crippen molar-refractivity contribution in [2.45, 2.75) is 27.2 Å². The average molecular weight is 191 g/mol. The summed E-state index contributed by atoms with van der Waals surface area (Å²) in [5.74, 6) is -0.281. The third-order valence-electron chi connectivity index (χ3n) is 2.10. The standard InChI is InChI=1S/C12H17NO/c1-9-4-5-10(6-11(13)14)8-12(2,3)7-9/h4-5,7-8H,6H2,1-3H3,(H2,13,14). The van der Waals surface area contributed by atoms with Gasteiger partial charge < -0.3 is 5.73 Å². The maximum Gasteiger partial charge on any atom is 0.221 e. The molecule has 14 heavy (non-hydrogen) atoms. The Morgan fingerprint density at radius 2 is 2.00 bits per heavy atom. The van der Waals surface area contributed by atoms with Gasteiger partial charge in [-0.05, 0) is 12.5 Å². The van der Waals surface area contributed by atoms with E-state index in [9.17, 15) is 4.79 Å². The number of allylic oxidation sites excluding steroid dienone is 5. The molecule has 0 fully saturated rings. The number of amides is 1. The Labute approximate surface area is 85.2 Å². The maximum atomic E-state index is 10.8. The summed E-state index contributed by atoms with van der Waals surface area (Å²) < 4.78 is 0. The van der Waals surface area contributed by atoms with E-state index < -0.39 is 0 Å². The van der Waals surface area contributed by atoms with E-state index in [1.54, 1.807) is 0 Å². The van der Waals surface area contributed by atoms with Gasteiger partial charge in [0.2, 0.25) is 5.91 Å². The van der Waals surface area contributed by atoms with Crippen molar-refractivity contribution in [3.8, 4) is 0 Å². The first-order valence-corrected chi connectivity index (χ1v) is 4.77. The Balaban J connectivity index is 2.94. The summed E-state index contributed by atoms with van der Waals surface area (Å²) in [6.45, 7) is 6.29. The Morgan fingerprint density at radius 3 is 2.57 bits per heavy atom. The highest BCUT2D eigenvalue weighted by Gasteiger charge is 2.14. The van der Waals surface area contributed by atoms with Gasteiger partial charge in [0.15, 0.2) is 0 Å². The van der Waals surface area contributed by atoms with E-state index in [1.165, 1.54) is 5.57 Å². The van der Waals surface area contributed by atoms with Crippen LogP contribution >= 0.6 is 0 Å². The molecule has 1 amide bonds. The molecule has 0 heterocycles. The minimum absolute atomic E-state index is 0.00162. The van der Waals surface area contributed by atoms with E-state index in [-0.39, 0.29) is 11.3 Å². The number of carbonyl (C=O) groups is 1. The van der Waals surface area contributed by atoms with Crippen LogP contribution < -0.4 is 5.73 Å². The molecule has 76 valence electrons. The van der Waals surface area contributed by atoms with Gasteiger partial charge in [-0.25, -0.2) is 0 Å². The number of primary amides is 1. The molecule has 0 aliphatic heterocycles. The predicted octanol–water partition coefficient (Wildman–Crippen LogP) is 2.33. The summed E-state index contributed by atoms with van der Waals surface area (Å²) in [5.41, 5.74) is 7.37. The SMILES string of the molecule is CC1=CC(C)(C)C=C(CC(N)=O)C=C1. The topological polar surface area (TPSA) is 43.1 Å². The van der Waals surface area contributed by atoms with E-state index in [4.69, 9.17) is 5.73 Å². The molecular weight excluding hydrogens is 174 g/mol. The molecule has 0 atom stereocenters. The van der Waals surface area contributed by atoms with Crippen LogP contribution in [0, 0.1) is 5.41 Å². The van der Waals surface area contributed by atoms with Crippen LogP contribution in [0.4, 0.5) is 0 Å². The summed E-state index contributed by atoms with van der Waals surface area (Å²) in [6.07, 6.45) is 8.57. The minimum atomic E-state index is -0.281. The normalized spacial score (nSPS) is 19.6. The summed E-state index contributed by atoms with van der Waals surface area (Å²) in [5, 5.41) is 0. The fraction of sp³-hybridized carbons (Fsp3) is 0.417. The van der Waals surface area contributed by atoms with Crippen LogP contribution in [-0.2, 0) is 4.79 Å². The van der Waals surface area contributed by atoms with Crippen molar-refractivity contribution in [3.05, 3.63) is 35.5 Å². The molecule has 0 aromatic carbocycles. The number of hydrogen-bond donors (Lipinski definition) is 1. The van der Waals surface area contributed by atoms with Crippen molar-refractivity contribution in [3.63, 3.8) is 0 Å². The molecule has 0 bridgehead atoms. The van der Waals surface area contributed by atoms with Crippen LogP contribution in [0.15, 0.2) is 35.5 Å². The van der Waals surface area contributed by atoms with Gasteiger partial charge in [0.1, 0.15) is 0 Å². The Hall–Kier alpha value is -1.31.